The molecule has 1 N–H and O–H groups in total. The van der Waals surface area contributed by atoms with Crippen LogP contribution in [0.25, 0.3) is 0 Å². The Labute approximate surface area is 161 Å². The van der Waals surface area contributed by atoms with E-state index in [1.807, 2.05) is 24.3 Å². The van der Waals surface area contributed by atoms with Gasteiger partial charge in [-0.3, -0.25) is 9.13 Å². The molecule has 0 amide bonds. The molecule has 0 saturated heterocycles. The van der Waals surface area contributed by atoms with Gasteiger partial charge in [-0.2, -0.15) is 0 Å². The molecule has 3 rings (SSSR count). The first-order valence-corrected chi connectivity index (χ1v) is 8.84. The highest BCUT2D eigenvalue weighted by Gasteiger charge is 2.30. The Kier molecular flexibility index (Phi) is 5.74. The van der Waals surface area contributed by atoms with E-state index in [1.54, 1.807) is 43.3 Å². The normalized spacial score (nSPS) is 10.6. The first-order valence-electron chi connectivity index (χ1n) is 8.84. The molecule has 0 saturated carbocycles. The van der Waals surface area contributed by atoms with E-state index < -0.39 is 17.6 Å². The summed E-state index contributed by atoms with van der Waals surface area (Å²) >= 11 is 0. The Balaban J connectivity index is 2.19. The lowest BCUT2D eigenvalue weighted by Crippen LogP contribution is -2.27. The minimum Gasteiger partial charge on any atom is -0.476 e. The van der Waals surface area contributed by atoms with Gasteiger partial charge in [0.1, 0.15) is 0 Å². The van der Waals surface area contributed by atoms with Crippen LogP contribution in [0.3, 0.4) is 0 Å². The Hall–Kier alpha value is -3.61. The molecule has 2 aromatic carbocycles. The SMILES string of the molecule is CCOC(=O)c1c(C(=O)O)n(Cc2ccccc2)c(=O)n1Cc1ccccc1. The van der Waals surface area contributed by atoms with Crippen LogP contribution in [0.2, 0.25) is 0 Å². The third-order valence-corrected chi connectivity index (χ3v) is 4.26. The Morgan fingerprint density at radius 2 is 1.32 bits per heavy atom. The molecule has 0 radical (unpaired) electrons. The summed E-state index contributed by atoms with van der Waals surface area (Å²) in [6, 6.07) is 18.1. The molecule has 0 aliphatic rings. The van der Waals surface area contributed by atoms with Crippen molar-refractivity contribution in [3.63, 3.8) is 0 Å². The summed E-state index contributed by atoms with van der Waals surface area (Å²) in [5.74, 6) is -2.19. The van der Waals surface area contributed by atoms with Gasteiger partial charge in [0.2, 0.25) is 0 Å². The molecule has 1 heterocycles. The van der Waals surface area contributed by atoms with Gasteiger partial charge in [-0.1, -0.05) is 60.7 Å². The highest BCUT2D eigenvalue weighted by molar-refractivity contribution is 6.00. The van der Waals surface area contributed by atoms with Crippen molar-refractivity contribution in [1.29, 1.82) is 0 Å². The van der Waals surface area contributed by atoms with Crippen LogP contribution in [-0.4, -0.2) is 32.8 Å². The molecule has 0 spiro atoms. The van der Waals surface area contributed by atoms with E-state index >= 15 is 0 Å². The van der Waals surface area contributed by atoms with Gasteiger partial charge in [0.05, 0.1) is 19.7 Å². The quantitative estimate of drug-likeness (QED) is 0.637. The molecule has 28 heavy (non-hydrogen) atoms. The molecule has 7 nitrogen and oxygen atoms in total. The minimum absolute atomic E-state index is 0.0372. The van der Waals surface area contributed by atoms with Gasteiger partial charge >= 0.3 is 17.6 Å². The summed E-state index contributed by atoms with van der Waals surface area (Å²) in [4.78, 5) is 37.6. The number of carboxylic acids is 1. The molecule has 0 unspecified atom stereocenters. The van der Waals surface area contributed by atoms with Crippen LogP contribution in [0, 0.1) is 0 Å². The zero-order chi connectivity index (χ0) is 20.1. The molecule has 7 heteroatoms. The summed E-state index contributed by atoms with van der Waals surface area (Å²) < 4.78 is 7.31. The van der Waals surface area contributed by atoms with Crippen LogP contribution >= 0.6 is 0 Å². The fourth-order valence-corrected chi connectivity index (χ4v) is 3.04. The van der Waals surface area contributed by atoms with Gasteiger partial charge in [0.15, 0.2) is 11.4 Å². The van der Waals surface area contributed by atoms with E-state index in [9.17, 15) is 19.5 Å². The predicted molar refractivity (Wildman–Crippen MR) is 103 cm³/mol. The second-order valence-electron chi connectivity index (χ2n) is 6.15. The molecule has 0 fully saturated rings. The lowest BCUT2D eigenvalue weighted by Gasteiger charge is -2.08. The third-order valence-electron chi connectivity index (χ3n) is 4.26. The second-order valence-corrected chi connectivity index (χ2v) is 6.15. The number of carbonyl (C=O) groups is 2. The molecule has 1 aromatic heterocycles. The number of carboxylic acid groups (broad SMARTS) is 1. The molecule has 144 valence electrons. The maximum Gasteiger partial charge on any atom is 0.357 e. The van der Waals surface area contributed by atoms with Crippen LogP contribution in [0.15, 0.2) is 65.5 Å². The van der Waals surface area contributed by atoms with Crippen molar-refractivity contribution in [2.24, 2.45) is 0 Å². The first-order chi connectivity index (χ1) is 13.5. The van der Waals surface area contributed by atoms with Crippen molar-refractivity contribution in [2.75, 3.05) is 6.61 Å². The highest BCUT2D eigenvalue weighted by Crippen LogP contribution is 2.15. The van der Waals surface area contributed by atoms with E-state index in [4.69, 9.17) is 4.74 Å². The average molecular weight is 380 g/mol. The molecule has 0 aliphatic carbocycles. The van der Waals surface area contributed by atoms with Crippen molar-refractivity contribution in [3.05, 3.63) is 93.7 Å². The fraction of sp³-hybridized carbons (Fsp3) is 0.190. The molecular weight excluding hydrogens is 360 g/mol. The topological polar surface area (TPSA) is 90.5 Å². The average Bonchev–Trinajstić information content (AvgIpc) is 2.96. The van der Waals surface area contributed by atoms with Crippen LogP contribution in [0.4, 0.5) is 0 Å². The number of imidazole rings is 1. The number of benzene rings is 2. The maximum absolute atomic E-state index is 13.1. The number of aromatic nitrogens is 2. The predicted octanol–water partition coefficient (Wildman–Crippen LogP) is 2.62. The number of hydrogen-bond donors (Lipinski definition) is 1. The maximum atomic E-state index is 13.1. The van der Waals surface area contributed by atoms with Crippen molar-refractivity contribution in [3.8, 4) is 0 Å². The summed E-state index contributed by atoms with van der Waals surface area (Å²) in [5.41, 5.74) is 0.318. The Morgan fingerprint density at radius 1 is 0.857 bits per heavy atom. The van der Waals surface area contributed by atoms with Gasteiger partial charge in [0.25, 0.3) is 0 Å². The Morgan fingerprint density at radius 3 is 1.75 bits per heavy atom. The second kappa shape index (κ2) is 8.39. The summed E-state index contributed by atoms with van der Waals surface area (Å²) in [6.45, 7) is 1.80. The lowest BCUT2D eigenvalue weighted by molar-refractivity contribution is 0.0501. The number of rotatable bonds is 7. The van der Waals surface area contributed by atoms with Gasteiger partial charge in [-0.25, -0.2) is 14.4 Å². The lowest BCUT2D eigenvalue weighted by atomic mass is 10.2. The zero-order valence-corrected chi connectivity index (χ0v) is 15.4. The summed E-state index contributed by atoms with van der Waals surface area (Å²) in [5, 5.41) is 9.76. The number of ether oxygens (including phenoxy) is 1. The third kappa shape index (κ3) is 3.88. The molecule has 0 atom stereocenters. The Bertz CT molecular complexity index is 1040. The minimum atomic E-state index is -1.36. The van der Waals surface area contributed by atoms with Crippen molar-refractivity contribution < 1.29 is 19.4 Å². The number of aromatic carboxylic acids is 1. The summed E-state index contributed by atoms with van der Waals surface area (Å²) in [7, 11) is 0. The van der Waals surface area contributed by atoms with Crippen molar-refractivity contribution in [2.45, 2.75) is 20.0 Å². The monoisotopic (exact) mass is 380 g/mol. The standard InChI is InChI=1S/C21H20N2O5/c1-2-28-20(26)18-17(19(24)25)22(13-15-9-5-3-6-10-15)21(27)23(18)14-16-11-7-4-8-12-16/h3-12H,2,13-14H2,1H3,(H,24,25). The van der Waals surface area contributed by atoms with E-state index in [0.717, 1.165) is 15.7 Å². The van der Waals surface area contributed by atoms with E-state index in [2.05, 4.69) is 0 Å². The van der Waals surface area contributed by atoms with Gasteiger partial charge in [0, 0.05) is 0 Å². The van der Waals surface area contributed by atoms with Crippen LogP contribution in [0.5, 0.6) is 0 Å². The molecule has 3 aromatic rings. The van der Waals surface area contributed by atoms with Crippen LogP contribution < -0.4 is 5.69 Å². The van der Waals surface area contributed by atoms with E-state index in [-0.39, 0.29) is 31.1 Å². The number of esters is 1. The van der Waals surface area contributed by atoms with E-state index in [1.165, 1.54) is 4.57 Å². The van der Waals surface area contributed by atoms with Crippen LogP contribution in [0.1, 0.15) is 39.0 Å². The van der Waals surface area contributed by atoms with E-state index in [0.29, 0.717) is 0 Å². The molecule has 0 bridgehead atoms. The smallest absolute Gasteiger partial charge is 0.357 e. The first kappa shape index (κ1) is 19.2. The zero-order valence-electron chi connectivity index (χ0n) is 15.4. The summed E-state index contributed by atoms with van der Waals surface area (Å²) in [6.07, 6.45) is 0. The number of hydrogen-bond acceptors (Lipinski definition) is 4. The van der Waals surface area contributed by atoms with Gasteiger partial charge in [-0.05, 0) is 18.1 Å². The highest BCUT2D eigenvalue weighted by atomic mass is 16.5. The van der Waals surface area contributed by atoms with Crippen molar-refractivity contribution in [1.82, 2.24) is 9.13 Å². The van der Waals surface area contributed by atoms with Gasteiger partial charge in [-0.15, -0.1) is 0 Å². The molecular formula is C21H20N2O5. The van der Waals surface area contributed by atoms with Gasteiger partial charge < -0.3 is 9.84 Å². The molecule has 0 aliphatic heterocycles. The number of carbonyl (C=O) groups excluding carboxylic acids is 1. The largest absolute Gasteiger partial charge is 0.476 e. The number of nitrogens with zero attached hydrogens (tertiary/aromatic N) is 2. The van der Waals surface area contributed by atoms with Crippen LogP contribution in [-0.2, 0) is 17.8 Å². The fourth-order valence-electron chi connectivity index (χ4n) is 3.04. The van der Waals surface area contributed by atoms with Crippen molar-refractivity contribution >= 4 is 11.9 Å².